The van der Waals surface area contributed by atoms with Crippen molar-refractivity contribution in [1.29, 1.82) is 0 Å². The van der Waals surface area contributed by atoms with E-state index in [2.05, 4.69) is 51.2 Å². The van der Waals surface area contributed by atoms with E-state index in [9.17, 15) is 4.39 Å². The topological polar surface area (TPSA) is 67.1 Å². The van der Waals surface area contributed by atoms with Crippen molar-refractivity contribution in [3.8, 4) is 0 Å². The van der Waals surface area contributed by atoms with Crippen molar-refractivity contribution >= 4 is 41.7 Å². The first-order chi connectivity index (χ1) is 14.0. The van der Waals surface area contributed by atoms with Crippen LogP contribution in [0.15, 0.2) is 34.4 Å². The number of halogens is 2. The molecule has 0 saturated heterocycles. The number of nitrogens with zero attached hydrogens (tertiary/aromatic N) is 4. The van der Waals surface area contributed by atoms with Gasteiger partial charge in [-0.15, -0.1) is 34.2 Å². The van der Waals surface area contributed by atoms with Gasteiger partial charge in [0, 0.05) is 32.6 Å². The summed E-state index contributed by atoms with van der Waals surface area (Å²) >= 11 is 1.64. The number of guanidine groups is 1. The molecule has 2 rings (SSSR count). The van der Waals surface area contributed by atoms with E-state index in [4.69, 9.17) is 0 Å². The number of aromatic nitrogens is 3. The molecule has 0 saturated carbocycles. The predicted octanol–water partition coefficient (Wildman–Crippen LogP) is 4.14. The lowest BCUT2D eigenvalue weighted by molar-refractivity contribution is 0.477. The highest BCUT2D eigenvalue weighted by Gasteiger charge is 2.12. The predicted molar refractivity (Wildman–Crippen MR) is 134 cm³/mol. The van der Waals surface area contributed by atoms with E-state index in [1.807, 2.05) is 18.4 Å². The number of nitrogens with one attached hydrogen (secondary N) is 2. The summed E-state index contributed by atoms with van der Waals surface area (Å²) in [7, 11) is 0. The Morgan fingerprint density at radius 3 is 2.53 bits per heavy atom. The molecule has 2 N–H and O–H groups in total. The molecule has 168 valence electrons. The molecule has 0 aliphatic carbocycles. The number of thioether (sulfide) groups is 1. The Kier molecular flexibility index (Phi) is 13.0. The number of aryl methyl sites for hydroxylation is 1. The lowest BCUT2D eigenvalue weighted by Crippen LogP contribution is -2.38. The smallest absolute Gasteiger partial charge is 0.191 e. The zero-order valence-electron chi connectivity index (χ0n) is 18.3. The maximum atomic E-state index is 13.0. The molecule has 1 heterocycles. The summed E-state index contributed by atoms with van der Waals surface area (Å²) in [5, 5.41) is 16.3. The van der Waals surface area contributed by atoms with Gasteiger partial charge in [0.1, 0.15) is 11.6 Å². The molecule has 2 aromatic rings. The Hall–Kier alpha value is -1.36. The van der Waals surface area contributed by atoms with Crippen LogP contribution in [0.25, 0.3) is 0 Å². The second-order valence-corrected chi connectivity index (χ2v) is 8.05. The third-order valence-corrected chi connectivity index (χ3v) is 4.98. The number of hydrogen-bond donors (Lipinski definition) is 2. The fourth-order valence-corrected chi connectivity index (χ4v) is 3.47. The van der Waals surface area contributed by atoms with Crippen LogP contribution in [0.3, 0.4) is 0 Å². The van der Waals surface area contributed by atoms with E-state index in [0.29, 0.717) is 5.92 Å². The highest BCUT2D eigenvalue weighted by atomic mass is 127. The molecule has 0 spiro atoms. The summed E-state index contributed by atoms with van der Waals surface area (Å²) in [6.07, 6.45) is 4.63. The monoisotopic (exact) mass is 548 g/mol. The fourth-order valence-electron chi connectivity index (χ4n) is 2.95. The average molecular weight is 549 g/mol. The van der Waals surface area contributed by atoms with E-state index in [0.717, 1.165) is 67.9 Å². The zero-order valence-corrected chi connectivity index (χ0v) is 21.5. The highest BCUT2D eigenvalue weighted by Crippen LogP contribution is 2.16. The van der Waals surface area contributed by atoms with Gasteiger partial charge in [0.05, 0.1) is 0 Å². The molecule has 0 bridgehead atoms. The lowest BCUT2D eigenvalue weighted by atomic mass is 10.1. The Balaban J connectivity index is 0.00000450. The molecule has 0 unspecified atom stereocenters. The van der Waals surface area contributed by atoms with E-state index in [1.54, 1.807) is 11.8 Å². The maximum absolute atomic E-state index is 13.0. The molecule has 6 nitrogen and oxygen atoms in total. The van der Waals surface area contributed by atoms with Crippen LogP contribution in [0.4, 0.5) is 4.39 Å². The van der Waals surface area contributed by atoms with E-state index in [-0.39, 0.29) is 29.8 Å². The standard InChI is InChI=1S/C21H33FN6S.HI/c1-5-23-20(25-14-12-17-8-10-18(22)11-9-17)24-13-6-7-19-26-27-21(29-4)28(19)15-16(2)3;/h8-11,16H,5-7,12-15H2,1-4H3,(H2,23,24,25);1H. The minimum Gasteiger partial charge on any atom is -0.357 e. The molecular weight excluding hydrogens is 514 g/mol. The van der Waals surface area contributed by atoms with Gasteiger partial charge in [-0.2, -0.15) is 0 Å². The van der Waals surface area contributed by atoms with Crippen molar-refractivity contribution in [2.75, 3.05) is 25.9 Å². The first-order valence-electron chi connectivity index (χ1n) is 10.3. The first kappa shape index (κ1) is 26.7. The van der Waals surface area contributed by atoms with Crippen LogP contribution in [0, 0.1) is 11.7 Å². The zero-order chi connectivity index (χ0) is 21.1. The van der Waals surface area contributed by atoms with Crippen LogP contribution in [0.1, 0.15) is 38.6 Å². The van der Waals surface area contributed by atoms with Crippen molar-refractivity contribution in [3.05, 3.63) is 41.5 Å². The van der Waals surface area contributed by atoms with Crippen molar-refractivity contribution < 1.29 is 4.39 Å². The van der Waals surface area contributed by atoms with E-state index >= 15 is 0 Å². The molecule has 30 heavy (non-hydrogen) atoms. The summed E-state index contributed by atoms with van der Waals surface area (Å²) in [6.45, 7) is 9.68. The minimum atomic E-state index is -0.203. The quantitative estimate of drug-likeness (QED) is 0.145. The van der Waals surface area contributed by atoms with Gasteiger partial charge in [0.25, 0.3) is 0 Å². The van der Waals surface area contributed by atoms with Gasteiger partial charge in [-0.3, -0.25) is 4.99 Å². The van der Waals surface area contributed by atoms with Crippen LogP contribution in [0.2, 0.25) is 0 Å². The van der Waals surface area contributed by atoms with E-state index < -0.39 is 0 Å². The van der Waals surface area contributed by atoms with Crippen LogP contribution >= 0.6 is 35.7 Å². The Morgan fingerprint density at radius 1 is 1.17 bits per heavy atom. The second kappa shape index (κ2) is 14.6. The SMILES string of the molecule is CCNC(=NCCCc1nnc(SC)n1CC(C)C)NCCc1ccc(F)cc1.I. The number of rotatable bonds is 11. The van der Waals surface area contributed by atoms with Gasteiger partial charge < -0.3 is 15.2 Å². The molecule has 0 amide bonds. The molecular formula is C21H34FIN6S. The lowest BCUT2D eigenvalue weighted by Gasteiger charge is -2.12. The first-order valence-corrected chi connectivity index (χ1v) is 11.5. The highest BCUT2D eigenvalue weighted by molar-refractivity contribution is 14.0. The molecule has 0 fully saturated rings. The van der Waals surface area contributed by atoms with Gasteiger partial charge in [0.15, 0.2) is 11.1 Å². The average Bonchev–Trinajstić information content (AvgIpc) is 3.07. The Labute approximate surface area is 200 Å². The van der Waals surface area contributed by atoms with Crippen molar-refractivity contribution in [2.45, 2.75) is 51.7 Å². The number of hydrogen-bond acceptors (Lipinski definition) is 4. The molecule has 1 aromatic carbocycles. The summed E-state index contributed by atoms with van der Waals surface area (Å²) in [5.74, 6) is 2.19. The molecule has 0 aliphatic heterocycles. The van der Waals surface area contributed by atoms with Crippen molar-refractivity contribution in [1.82, 2.24) is 25.4 Å². The summed E-state index contributed by atoms with van der Waals surface area (Å²) in [6, 6.07) is 6.62. The van der Waals surface area contributed by atoms with Crippen molar-refractivity contribution in [2.24, 2.45) is 10.9 Å². The summed E-state index contributed by atoms with van der Waals surface area (Å²) in [4.78, 5) is 4.66. The molecule has 0 atom stereocenters. The maximum Gasteiger partial charge on any atom is 0.191 e. The van der Waals surface area contributed by atoms with Gasteiger partial charge in [-0.1, -0.05) is 37.7 Å². The van der Waals surface area contributed by atoms with Crippen LogP contribution < -0.4 is 10.6 Å². The molecule has 1 aromatic heterocycles. The Morgan fingerprint density at radius 2 is 1.90 bits per heavy atom. The summed E-state index contributed by atoms with van der Waals surface area (Å²) in [5.41, 5.74) is 1.10. The van der Waals surface area contributed by atoms with E-state index in [1.165, 1.54) is 12.1 Å². The van der Waals surface area contributed by atoms with Crippen LogP contribution in [-0.4, -0.2) is 46.6 Å². The van der Waals surface area contributed by atoms with Crippen LogP contribution in [-0.2, 0) is 19.4 Å². The second-order valence-electron chi connectivity index (χ2n) is 7.27. The number of benzene rings is 1. The van der Waals surface area contributed by atoms with Gasteiger partial charge in [-0.25, -0.2) is 4.39 Å². The van der Waals surface area contributed by atoms with Gasteiger partial charge in [0.2, 0.25) is 0 Å². The normalized spacial score (nSPS) is 11.5. The van der Waals surface area contributed by atoms with Crippen molar-refractivity contribution in [3.63, 3.8) is 0 Å². The third-order valence-electron chi connectivity index (χ3n) is 4.32. The molecule has 9 heteroatoms. The molecule has 0 radical (unpaired) electrons. The minimum absolute atomic E-state index is 0. The third kappa shape index (κ3) is 9.20. The molecule has 0 aliphatic rings. The summed E-state index contributed by atoms with van der Waals surface area (Å²) < 4.78 is 15.2. The van der Waals surface area contributed by atoms with Gasteiger partial charge >= 0.3 is 0 Å². The Bertz CT molecular complexity index is 763. The fraction of sp³-hybridized carbons (Fsp3) is 0.571. The van der Waals surface area contributed by atoms with Crippen LogP contribution in [0.5, 0.6) is 0 Å². The van der Waals surface area contributed by atoms with Gasteiger partial charge in [-0.05, 0) is 49.6 Å². The number of aliphatic imine (C=N–C) groups is 1. The largest absolute Gasteiger partial charge is 0.357 e.